The standard InChI is InChI=1S/C9H18BrNO/c1-3-5-6-9(12)11-8(4-2)7-10/h8H,3-7H2,1-2H3,(H,11,12). The summed E-state index contributed by atoms with van der Waals surface area (Å²) in [5, 5.41) is 3.81. The second-order valence-electron chi connectivity index (χ2n) is 2.93. The molecule has 1 N–H and O–H groups in total. The molecule has 0 spiro atoms. The smallest absolute Gasteiger partial charge is 0.220 e. The van der Waals surface area contributed by atoms with Crippen LogP contribution in [0.5, 0.6) is 0 Å². The average molecular weight is 236 g/mol. The van der Waals surface area contributed by atoms with Crippen LogP contribution in [0.25, 0.3) is 0 Å². The van der Waals surface area contributed by atoms with Crippen molar-refractivity contribution in [1.29, 1.82) is 0 Å². The number of hydrogen-bond donors (Lipinski definition) is 1. The Morgan fingerprint density at radius 3 is 2.58 bits per heavy atom. The van der Waals surface area contributed by atoms with Gasteiger partial charge in [-0.25, -0.2) is 0 Å². The molecule has 1 unspecified atom stereocenters. The first kappa shape index (κ1) is 11.9. The highest BCUT2D eigenvalue weighted by Crippen LogP contribution is 1.99. The first-order valence-electron chi connectivity index (χ1n) is 4.59. The van der Waals surface area contributed by atoms with Crippen molar-refractivity contribution in [3.63, 3.8) is 0 Å². The van der Waals surface area contributed by atoms with Gasteiger partial charge in [0.15, 0.2) is 0 Å². The number of nitrogens with one attached hydrogen (secondary N) is 1. The summed E-state index contributed by atoms with van der Waals surface area (Å²) in [4.78, 5) is 11.2. The lowest BCUT2D eigenvalue weighted by Gasteiger charge is -2.13. The summed E-state index contributed by atoms with van der Waals surface area (Å²) in [5.74, 6) is 0.183. The molecule has 0 aromatic heterocycles. The lowest BCUT2D eigenvalue weighted by molar-refractivity contribution is -0.121. The van der Waals surface area contributed by atoms with E-state index in [1.54, 1.807) is 0 Å². The molecule has 0 fully saturated rings. The second kappa shape index (κ2) is 7.59. The topological polar surface area (TPSA) is 29.1 Å². The van der Waals surface area contributed by atoms with E-state index in [1.165, 1.54) is 0 Å². The molecule has 1 amide bonds. The normalized spacial score (nSPS) is 12.6. The monoisotopic (exact) mass is 235 g/mol. The van der Waals surface area contributed by atoms with Gasteiger partial charge in [0.25, 0.3) is 0 Å². The summed E-state index contributed by atoms with van der Waals surface area (Å²) in [6, 6.07) is 0.300. The molecule has 0 bridgehead atoms. The lowest BCUT2D eigenvalue weighted by atomic mass is 10.2. The van der Waals surface area contributed by atoms with Crippen LogP contribution in [0, 0.1) is 0 Å². The fraction of sp³-hybridized carbons (Fsp3) is 0.889. The van der Waals surface area contributed by atoms with E-state index in [1.807, 2.05) is 0 Å². The van der Waals surface area contributed by atoms with E-state index in [0.29, 0.717) is 12.5 Å². The third-order valence-electron chi connectivity index (χ3n) is 1.80. The van der Waals surface area contributed by atoms with Crippen LogP contribution in [0.2, 0.25) is 0 Å². The van der Waals surface area contributed by atoms with Gasteiger partial charge >= 0.3 is 0 Å². The summed E-state index contributed by atoms with van der Waals surface area (Å²) in [5.41, 5.74) is 0. The van der Waals surface area contributed by atoms with Gasteiger partial charge in [-0.2, -0.15) is 0 Å². The van der Waals surface area contributed by atoms with Crippen LogP contribution >= 0.6 is 15.9 Å². The summed E-state index contributed by atoms with van der Waals surface area (Å²) < 4.78 is 0. The van der Waals surface area contributed by atoms with Crippen molar-refractivity contribution in [2.24, 2.45) is 0 Å². The molecular weight excluding hydrogens is 218 g/mol. The molecule has 0 aromatic carbocycles. The SMILES string of the molecule is CCCCC(=O)NC(CC)CBr. The summed E-state index contributed by atoms with van der Waals surface area (Å²) >= 11 is 3.36. The molecule has 2 nitrogen and oxygen atoms in total. The van der Waals surface area contributed by atoms with Gasteiger partial charge in [0.05, 0.1) is 0 Å². The molecule has 1 atom stereocenters. The van der Waals surface area contributed by atoms with Gasteiger partial charge in [-0.15, -0.1) is 0 Å². The van der Waals surface area contributed by atoms with E-state index in [9.17, 15) is 4.79 Å². The van der Waals surface area contributed by atoms with E-state index >= 15 is 0 Å². The highest BCUT2D eigenvalue weighted by Gasteiger charge is 2.07. The molecule has 0 radical (unpaired) electrons. The van der Waals surface area contributed by atoms with Crippen LogP contribution in [0.4, 0.5) is 0 Å². The highest BCUT2D eigenvalue weighted by atomic mass is 79.9. The average Bonchev–Trinajstić information content (AvgIpc) is 2.10. The van der Waals surface area contributed by atoms with E-state index in [0.717, 1.165) is 24.6 Å². The molecule has 0 aliphatic rings. The van der Waals surface area contributed by atoms with Crippen LogP contribution in [-0.4, -0.2) is 17.3 Å². The van der Waals surface area contributed by atoms with E-state index < -0.39 is 0 Å². The number of hydrogen-bond acceptors (Lipinski definition) is 1. The Morgan fingerprint density at radius 2 is 2.17 bits per heavy atom. The van der Waals surface area contributed by atoms with Gasteiger partial charge in [0, 0.05) is 17.8 Å². The summed E-state index contributed by atoms with van der Waals surface area (Å²) in [6.45, 7) is 4.17. The number of amides is 1. The minimum Gasteiger partial charge on any atom is -0.353 e. The Kier molecular flexibility index (Phi) is 7.56. The van der Waals surface area contributed by atoms with Gasteiger partial charge < -0.3 is 5.32 Å². The largest absolute Gasteiger partial charge is 0.353 e. The molecule has 3 heteroatoms. The van der Waals surface area contributed by atoms with E-state index in [4.69, 9.17) is 0 Å². The molecule has 0 aliphatic heterocycles. The molecule has 0 aromatic rings. The molecule has 0 rings (SSSR count). The van der Waals surface area contributed by atoms with Gasteiger partial charge in [-0.05, 0) is 12.8 Å². The zero-order chi connectivity index (χ0) is 9.40. The third-order valence-corrected chi connectivity index (χ3v) is 2.58. The molecule has 0 heterocycles. The number of carbonyl (C=O) groups excluding carboxylic acids is 1. The van der Waals surface area contributed by atoms with Gasteiger partial charge in [0.1, 0.15) is 0 Å². The van der Waals surface area contributed by atoms with E-state index in [2.05, 4.69) is 35.1 Å². The Hall–Kier alpha value is -0.0500. The van der Waals surface area contributed by atoms with Crippen molar-refractivity contribution in [2.75, 3.05) is 5.33 Å². The number of rotatable bonds is 6. The van der Waals surface area contributed by atoms with Crippen molar-refractivity contribution in [3.05, 3.63) is 0 Å². The predicted molar refractivity (Wildman–Crippen MR) is 55.5 cm³/mol. The first-order chi connectivity index (χ1) is 5.74. The number of unbranched alkanes of at least 4 members (excludes halogenated alkanes) is 1. The van der Waals surface area contributed by atoms with Crippen molar-refractivity contribution < 1.29 is 4.79 Å². The summed E-state index contributed by atoms with van der Waals surface area (Å²) in [6.07, 6.45) is 3.73. The first-order valence-corrected chi connectivity index (χ1v) is 5.72. The molecule has 0 saturated carbocycles. The number of carbonyl (C=O) groups is 1. The van der Waals surface area contributed by atoms with Crippen LogP contribution in [0.15, 0.2) is 0 Å². The highest BCUT2D eigenvalue weighted by molar-refractivity contribution is 9.09. The fourth-order valence-electron chi connectivity index (χ4n) is 0.887. The van der Waals surface area contributed by atoms with Gasteiger partial charge in [-0.1, -0.05) is 36.2 Å². The van der Waals surface area contributed by atoms with Crippen molar-refractivity contribution in [3.8, 4) is 0 Å². The molecular formula is C9H18BrNO. The molecule has 72 valence electrons. The van der Waals surface area contributed by atoms with Crippen LogP contribution < -0.4 is 5.32 Å². The van der Waals surface area contributed by atoms with Crippen LogP contribution in [0.1, 0.15) is 39.5 Å². The number of alkyl halides is 1. The molecule has 12 heavy (non-hydrogen) atoms. The zero-order valence-corrected chi connectivity index (χ0v) is 9.49. The maximum atomic E-state index is 11.2. The summed E-state index contributed by atoms with van der Waals surface area (Å²) in [7, 11) is 0. The quantitative estimate of drug-likeness (QED) is 0.705. The Labute approximate surface area is 83.2 Å². The minimum absolute atomic E-state index is 0.183. The van der Waals surface area contributed by atoms with Crippen LogP contribution in [-0.2, 0) is 4.79 Å². The fourth-order valence-corrected chi connectivity index (χ4v) is 1.51. The van der Waals surface area contributed by atoms with Crippen LogP contribution in [0.3, 0.4) is 0 Å². The van der Waals surface area contributed by atoms with Gasteiger partial charge in [-0.3, -0.25) is 4.79 Å². The lowest BCUT2D eigenvalue weighted by Crippen LogP contribution is -2.35. The van der Waals surface area contributed by atoms with Gasteiger partial charge in [0.2, 0.25) is 5.91 Å². The van der Waals surface area contributed by atoms with E-state index in [-0.39, 0.29) is 5.91 Å². The van der Waals surface area contributed by atoms with Crippen molar-refractivity contribution in [1.82, 2.24) is 5.32 Å². The predicted octanol–water partition coefficient (Wildman–Crippen LogP) is 2.47. The van der Waals surface area contributed by atoms with Crippen molar-refractivity contribution in [2.45, 2.75) is 45.6 Å². The Balaban J connectivity index is 3.52. The second-order valence-corrected chi connectivity index (χ2v) is 3.58. The maximum absolute atomic E-state index is 11.2. The van der Waals surface area contributed by atoms with Crippen molar-refractivity contribution >= 4 is 21.8 Å². The number of halogens is 1. The third kappa shape index (κ3) is 5.58. The Morgan fingerprint density at radius 1 is 1.50 bits per heavy atom. The molecule has 0 aliphatic carbocycles. The zero-order valence-electron chi connectivity index (χ0n) is 7.90. The minimum atomic E-state index is 0.183. The molecule has 0 saturated heterocycles. The maximum Gasteiger partial charge on any atom is 0.220 e. The Bertz CT molecular complexity index is 124.